The van der Waals surface area contributed by atoms with Gasteiger partial charge in [0, 0.05) is 12.3 Å². The van der Waals surface area contributed by atoms with Crippen LogP contribution < -0.4 is 11.1 Å². The summed E-state index contributed by atoms with van der Waals surface area (Å²) in [6.45, 7) is 0.671. The van der Waals surface area contributed by atoms with Crippen molar-refractivity contribution in [1.82, 2.24) is 5.32 Å². The van der Waals surface area contributed by atoms with E-state index in [9.17, 15) is 9.18 Å². The van der Waals surface area contributed by atoms with Crippen LogP contribution in [0.2, 0.25) is 0 Å². The SMILES string of the molecule is Nc1ccc(F)cc1C(=O)NC1CCOC1C1CC1. The Kier molecular flexibility index (Phi) is 3.14. The van der Waals surface area contributed by atoms with Crippen LogP contribution in [0.4, 0.5) is 10.1 Å². The molecule has 102 valence electrons. The van der Waals surface area contributed by atoms with Gasteiger partial charge < -0.3 is 15.8 Å². The van der Waals surface area contributed by atoms with Crippen LogP contribution in [0.25, 0.3) is 0 Å². The molecule has 5 heteroatoms. The number of ether oxygens (including phenoxy) is 1. The molecule has 1 saturated heterocycles. The summed E-state index contributed by atoms with van der Waals surface area (Å²) in [5, 5.41) is 2.92. The molecule has 1 amide bonds. The third kappa shape index (κ3) is 2.56. The summed E-state index contributed by atoms with van der Waals surface area (Å²) >= 11 is 0. The lowest BCUT2D eigenvalue weighted by molar-refractivity contribution is 0.0730. The minimum absolute atomic E-state index is 0.0164. The lowest BCUT2D eigenvalue weighted by Crippen LogP contribution is -2.41. The van der Waals surface area contributed by atoms with Crippen LogP contribution in [-0.2, 0) is 4.74 Å². The molecule has 0 bridgehead atoms. The number of anilines is 1. The van der Waals surface area contributed by atoms with Crippen LogP contribution in [0.1, 0.15) is 29.6 Å². The molecule has 2 fully saturated rings. The highest BCUT2D eigenvalue weighted by molar-refractivity contribution is 5.99. The Balaban J connectivity index is 1.72. The van der Waals surface area contributed by atoms with Crippen molar-refractivity contribution >= 4 is 11.6 Å². The zero-order chi connectivity index (χ0) is 13.4. The number of benzene rings is 1. The highest BCUT2D eigenvalue weighted by Gasteiger charge is 2.41. The average molecular weight is 264 g/mol. The van der Waals surface area contributed by atoms with Gasteiger partial charge in [0.2, 0.25) is 0 Å². The number of hydrogen-bond donors (Lipinski definition) is 2. The van der Waals surface area contributed by atoms with Gasteiger partial charge in [0.25, 0.3) is 5.91 Å². The van der Waals surface area contributed by atoms with Crippen molar-refractivity contribution in [2.75, 3.05) is 12.3 Å². The molecule has 2 atom stereocenters. The fourth-order valence-electron chi connectivity index (χ4n) is 2.63. The van der Waals surface area contributed by atoms with Crippen molar-refractivity contribution < 1.29 is 13.9 Å². The third-order valence-electron chi connectivity index (χ3n) is 3.80. The smallest absolute Gasteiger partial charge is 0.253 e. The van der Waals surface area contributed by atoms with Gasteiger partial charge in [-0.05, 0) is 43.4 Å². The minimum Gasteiger partial charge on any atom is -0.398 e. The molecular weight excluding hydrogens is 247 g/mol. The largest absolute Gasteiger partial charge is 0.398 e. The van der Waals surface area contributed by atoms with E-state index in [-0.39, 0.29) is 23.6 Å². The van der Waals surface area contributed by atoms with Gasteiger partial charge in [-0.2, -0.15) is 0 Å². The molecule has 19 heavy (non-hydrogen) atoms. The number of halogens is 1. The van der Waals surface area contributed by atoms with Crippen LogP contribution in [0.15, 0.2) is 18.2 Å². The van der Waals surface area contributed by atoms with E-state index in [0.717, 1.165) is 6.42 Å². The number of rotatable bonds is 3. The molecule has 3 N–H and O–H groups in total. The second-order valence-corrected chi connectivity index (χ2v) is 5.27. The maximum Gasteiger partial charge on any atom is 0.253 e. The molecule has 1 aliphatic heterocycles. The summed E-state index contributed by atoms with van der Waals surface area (Å²) in [6, 6.07) is 3.85. The molecule has 4 nitrogen and oxygen atoms in total. The van der Waals surface area contributed by atoms with Crippen LogP contribution in [0.3, 0.4) is 0 Å². The summed E-state index contributed by atoms with van der Waals surface area (Å²) in [5.41, 5.74) is 6.20. The molecule has 3 rings (SSSR count). The van der Waals surface area contributed by atoms with Crippen molar-refractivity contribution in [2.45, 2.75) is 31.4 Å². The molecule has 1 heterocycles. The highest BCUT2D eigenvalue weighted by atomic mass is 19.1. The summed E-state index contributed by atoms with van der Waals surface area (Å²) in [7, 11) is 0. The van der Waals surface area contributed by atoms with Gasteiger partial charge in [-0.25, -0.2) is 4.39 Å². The Morgan fingerprint density at radius 2 is 2.16 bits per heavy atom. The van der Waals surface area contributed by atoms with Crippen LogP contribution in [0.5, 0.6) is 0 Å². The molecular formula is C14H17FN2O2. The maximum atomic E-state index is 13.2. The molecule has 1 aliphatic carbocycles. The molecule has 1 aromatic rings. The third-order valence-corrected chi connectivity index (χ3v) is 3.80. The second kappa shape index (κ2) is 4.81. The van der Waals surface area contributed by atoms with Crippen LogP contribution in [0, 0.1) is 11.7 Å². The molecule has 0 spiro atoms. The number of amides is 1. The van der Waals surface area contributed by atoms with E-state index < -0.39 is 5.82 Å². The Hall–Kier alpha value is -1.62. The first-order chi connectivity index (χ1) is 9.15. The summed E-state index contributed by atoms with van der Waals surface area (Å²) in [4.78, 5) is 12.1. The number of nitrogen functional groups attached to an aromatic ring is 1. The van der Waals surface area contributed by atoms with Gasteiger partial charge in [0.05, 0.1) is 17.7 Å². The normalized spacial score (nSPS) is 26.4. The number of carbonyl (C=O) groups excluding carboxylic acids is 1. The maximum absolute atomic E-state index is 13.2. The molecule has 2 unspecified atom stereocenters. The first kappa shape index (κ1) is 12.4. The highest BCUT2D eigenvalue weighted by Crippen LogP contribution is 2.38. The topological polar surface area (TPSA) is 64.4 Å². The predicted octanol–water partition coefficient (Wildman–Crippen LogP) is 1.71. The van der Waals surface area contributed by atoms with Gasteiger partial charge >= 0.3 is 0 Å². The summed E-state index contributed by atoms with van der Waals surface area (Å²) in [6.07, 6.45) is 3.25. The number of nitrogens with one attached hydrogen (secondary N) is 1. The Morgan fingerprint density at radius 1 is 1.37 bits per heavy atom. The molecule has 1 aromatic carbocycles. The van der Waals surface area contributed by atoms with E-state index in [1.54, 1.807) is 0 Å². The Labute approximate surface area is 111 Å². The van der Waals surface area contributed by atoms with Crippen molar-refractivity contribution in [2.24, 2.45) is 5.92 Å². The lowest BCUT2D eigenvalue weighted by atomic mass is 10.1. The van der Waals surface area contributed by atoms with Crippen LogP contribution >= 0.6 is 0 Å². The van der Waals surface area contributed by atoms with Crippen LogP contribution in [-0.4, -0.2) is 24.7 Å². The Bertz CT molecular complexity index is 502. The van der Waals surface area contributed by atoms with E-state index in [1.807, 2.05) is 0 Å². The van der Waals surface area contributed by atoms with E-state index in [1.165, 1.54) is 31.0 Å². The second-order valence-electron chi connectivity index (χ2n) is 5.27. The van der Waals surface area contributed by atoms with E-state index in [4.69, 9.17) is 10.5 Å². The average Bonchev–Trinajstić information content (AvgIpc) is 3.13. The van der Waals surface area contributed by atoms with Gasteiger partial charge in [-0.15, -0.1) is 0 Å². The lowest BCUT2D eigenvalue weighted by Gasteiger charge is -2.19. The monoisotopic (exact) mass is 264 g/mol. The standard InChI is InChI=1S/C14H17FN2O2/c15-9-3-4-11(16)10(7-9)14(18)17-12-5-6-19-13(12)8-1-2-8/h3-4,7-8,12-13H,1-2,5-6,16H2,(H,17,18). The van der Waals surface area contributed by atoms with Gasteiger partial charge in [-0.1, -0.05) is 0 Å². The zero-order valence-corrected chi connectivity index (χ0v) is 10.6. The predicted molar refractivity (Wildman–Crippen MR) is 69.1 cm³/mol. The number of carbonyl (C=O) groups is 1. The van der Waals surface area contributed by atoms with Gasteiger partial charge in [0.15, 0.2) is 0 Å². The van der Waals surface area contributed by atoms with Gasteiger partial charge in [0.1, 0.15) is 5.82 Å². The van der Waals surface area contributed by atoms with Crippen molar-refractivity contribution in [3.63, 3.8) is 0 Å². The Morgan fingerprint density at radius 3 is 2.89 bits per heavy atom. The first-order valence-electron chi connectivity index (χ1n) is 6.62. The van der Waals surface area contributed by atoms with E-state index in [2.05, 4.69) is 5.32 Å². The minimum atomic E-state index is -0.458. The molecule has 0 radical (unpaired) electrons. The van der Waals surface area contributed by atoms with Crippen molar-refractivity contribution in [3.8, 4) is 0 Å². The van der Waals surface area contributed by atoms with E-state index in [0.29, 0.717) is 18.2 Å². The molecule has 2 aliphatic rings. The van der Waals surface area contributed by atoms with Gasteiger partial charge in [-0.3, -0.25) is 4.79 Å². The quantitative estimate of drug-likeness (QED) is 0.817. The van der Waals surface area contributed by atoms with E-state index >= 15 is 0 Å². The molecule has 1 saturated carbocycles. The summed E-state index contributed by atoms with van der Waals surface area (Å²) in [5.74, 6) is -0.212. The number of nitrogens with two attached hydrogens (primary N) is 1. The fourth-order valence-corrected chi connectivity index (χ4v) is 2.63. The number of hydrogen-bond acceptors (Lipinski definition) is 3. The summed E-state index contributed by atoms with van der Waals surface area (Å²) < 4.78 is 18.8. The van der Waals surface area contributed by atoms with Crippen molar-refractivity contribution in [3.05, 3.63) is 29.6 Å². The first-order valence-corrected chi connectivity index (χ1v) is 6.62. The van der Waals surface area contributed by atoms with Crippen molar-refractivity contribution in [1.29, 1.82) is 0 Å². The zero-order valence-electron chi connectivity index (χ0n) is 10.6. The fraction of sp³-hybridized carbons (Fsp3) is 0.500. The molecule has 0 aromatic heterocycles.